The maximum Gasteiger partial charge on any atom is 0.318 e. The summed E-state index contributed by atoms with van der Waals surface area (Å²) in [7, 11) is 0. The van der Waals surface area contributed by atoms with Crippen molar-refractivity contribution in [2.45, 2.75) is 38.1 Å². The number of hydrogen-bond donors (Lipinski definition) is 3. The predicted molar refractivity (Wildman–Crippen MR) is 81.5 cm³/mol. The molecule has 0 aliphatic heterocycles. The molecule has 21 heavy (non-hydrogen) atoms. The molecule has 5 nitrogen and oxygen atoms in total. The Balaban J connectivity index is 2.08. The number of nitrogens with one attached hydrogen (secondary N) is 2. The van der Waals surface area contributed by atoms with Crippen LogP contribution in [0.25, 0.3) is 0 Å². The largest absolute Gasteiger partial charge is 0.351 e. The van der Waals surface area contributed by atoms with E-state index >= 15 is 0 Å². The van der Waals surface area contributed by atoms with Crippen LogP contribution in [0.2, 0.25) is 0 Å². The SMILES string of the molecule is CCNC1(c2ccccc2)CCC(C(=O)NC(N)=O)CC1. The molecule has 1 saturated carbocycles. The number of urea groups is 1. The van der Waals surface area contributed by atoms with Gasteiger partial charge < -0.3 is 11.1 Å². The molecule has 0 spiro atoms. The minimum absolute atomic E-state index is 0.0699. The fourth-order valence-electron chi connectivity index (χ4n) is 3.26. The molecule has 1 aromatic rings. The lowest BCUT2D eigenvalue weighted by Gasteiger charge is -2.41. The molecule has 2 rings (SSSR count). The van der Waals surface area contributed by atoms with Gasteiger partial charge in [0.1, 0.15) is 0 Å². The van der Waals surface area contributed by atoms with E-state index < -0.39 is 6.03 Å². The molecule has 0 radical (unpaired) electrons. The molecule has 0 saturated heterocycles. The fourth-order valence-corrected chi connectivity index (χ4v) is 3.26. The van der Waals surface area contributed by atoms with Crippen molar-refractivity contribution in [2.24, 2.45) is 11.7 Å². The first-order chi connectivity index (χ1) is 10.1. The first kappa shape index (κ1) is 15.5. The number of primary amides is 1. The first-order valence-corrected chi connectivity index (χ1v) is 7.48. The van der Waals surface area contributed by atoms with Gasteiger partial charge in [-0.2, -0.15) is 0 Å². The number of benzene rings is 1. The summed E-state index contributed by atoms with van der Waals surface area (Å²) in [4.78, 5) is 22.7. The molecular formula is C16H23N3O2. The molecule has 114 valence electrons. The van der Waals surface area contributed by atoms with Gasteiger partial charge in [-0.3, -0.25) is 10.1 Å². The van der Waals surface area contributed by atoms with Crippen LogP contribution < -0.4 is 16.4 Å². The number of hydrogen-bond acceptors (Lipinski definition) is 3. The Hall–Kier alpha value is -1.88. The Morgan fingerprint density at radius 2 is 1.86 bits per heavy atom. The highest BCUT2D eigenvalue weighted by molar-refractivity contribution is 5.94. The van der Waals surface area contributed by atoms with E-state index in [1.165, 1.54) is 5.56 Å². The van der Waals surface area contributed by atoms with E-state index in [-0.39, 0.29) is 17.4 Å². The third kappa shape index (κ3) is 3.61. The van der Waals surface area contributed by atoms with Gasteiger partial charge in [0.25, 0.3) is 0 Å². The molecule has 0 aromatic heterocycles. The number of imide groups is 1. The van der Waals surface area contributed by atoms with Crippen LogP contribution in [0.1, 0.15) is 38.2 Å². The average Bonchev–Trinajstić information content (AvgIpc) is 2.48. The van der Waals surface area contributed by atoms with Gasteiger partial charge in [0.2, 0.25) is 5.91 Å². The third-order valence-corrected chi connectivity index (χ3v) is 4.30. The van der Waals surface area contributed by atoms with Crippen molar-refractivity contribution in [3.63, 3.8) is 0 Å². The van der Waals surface area contributed by atoms with E-state index in [0.29, 0.717) is 0 Å². The van der Waals surface area contributed by atoms with E-state index in [2.05, 4.69) is 29.7 Å². The maximum atomic E-state index is 11.9. The molecule has 3 amide bonds. The Labute approximate surface area is 125 Å². The van der Waals surface area contributed by atoms with Gasteiger partial charge >= 0.3 is 6.03 Å². The van der Waals surface area contributed by atoms with E-state index in [0.717, 1.165) is 32.2 Å². The summed E-state index contributed by atoms with van der Waals surface area (Å²) in [5.41, 5.74) is 6.20. The van der Waals surface area contributed by atoms with Crippen LogP contribution >= 0.6 is 0 Å². The topological polar surface area (TPSA) is 84.2 Å². The molecular weight excluding hydrogens is 266 g/mol. The van der Waals surface area contributed by atoms with Crippen molar-refractivity contribution < 1.29 is 9.59 Å². The molecule has 1 fully saturated rings. The minimum atomic E-state index is -0.772. The van der Waals surface area contributed by atoms with Gasteiger partial charge in [0.15, 0.2) is 0 Å². The predicted octanol–water partition coefficient (Wildman–Crippen LogP) is 1.88. The fraction of sp³-hybridized carbons (Fsp3) is 0.500. The lowest BCUT2D eigenvalue weighted by molar-refractivity contribution is -0.125. The van der Waals surface area contributed by atoms with Gasteiger partial charge in [-0.15, -0.1) is 0 Å². The first-order valence-electron chi connectivity index (χ1n) is 7.48. The molecule has 0 bridgehead atoms. The quantitative estimate of drug-likeness (QED) is 0.791. The summed E-state index contributed by atoms with van der Waals surface area (Å²) >= 11 is 0. The second kappa shape index (κ2) is 6.72. The lowest BCUT2D eigenvalue weighted by atomic mass is 9.72. The highest BCUT2D eigenvalue weighted by Crippen LogP contribution is 2.39. The van der Waals surface area contributed by atoms with Crippen molar-refractivity contribution >= 4 is 11.9 Å². The Morgan fingerprint density at radius 1 is 1.24 bits per heavy atom. The van der Waals surface area contributed by atoms with Crippen LogP contribution in [0.4, 0.5) is 4.79 Å². The molecule has 0 heterocycles. The molecule has 1 aromatic carbocycles. The van der Waals surface area contributed by atoms with Crippen LogP contribution in [0.15, 0.2) is 30.3 Å². The Kier molecular flexibility index (Phi) is 4.96. The van der Waals surface area contributed by atoms with Crippen LogP contribution in [0, 0.1) is 5.92 Å². The zero-order chi connectivity index (χ0) is 15.3. The second-order valence-corrected chi connectivity index (χ2v) is 5.61. The van der Waals surface area contributed by atoms with Crippen LogP contribution in [0.5, 0.6) is 0 Å². The summed E-state index contributed by atoms with van der Waals surface area (Å²) in [6.07, 6.45) is 3.26. The number of nitrogens with two attached hydrogens (primary N) is 1. The highest BCUT2D eigenvalue weighted by atomic mass is 16.2. The molecule has 5 heteroatoms. The summed E-state index contributed by atoms with van der Waals surface area (Å²) < 4.78 is 0. The zero-order valence-corrected chi connectivity index (χ0v) is 12.4. The molecule has 0 atom stereocenters. The third-order valence-electron chi connectivity index (χ3n) is 4.30. The van der Waals surface area contributed by atoms with Crippen LogP contribution in [0.3, 0.4) is 0 Å². The molecule has 0 unspecified atom stereocenters. The number of amides is 3. The summed E-state index contributed by atoms with van der Waals surface area (Å²) in [5, 5.41) is 5.78. The maximum absolute atomic E-state index is 11.9. The van der Waals surface area contributed by atoms with Gasteiger partial charge in [0.05, 0.1) is 0 Å². The number of carbonyl (C=O) groups is 2. The lowest BCUT2D eigenvalue weighted by Crippen LogP contribution is -2.48. The zero-order valence-electron chi connectivity index (χ0n) is 12.4. The van der Waals surface area contributed by atoms with E-state index in [1.54, 1.807) is 0 Å². The van der Waals surface area contributed by atoms with Crippen LogP contribution in [-0.4, -0.2) is 18.5 Å². The van der Waals surface area contributed by atoms with Gasteiger partial charge in [-0.25, -0.2) is 4.79 Å². The molecule has 4 N–H and O–H groups in total. The van der Waals surface area contributed by atoms with E-state index in [4.69, 9.17) is 5.73 Å². The summed E-state index contributed by atoms with van der Waals surface area (Å²) in [6, 6.07) is 9.58. The Bertz CT molecular complexity index is 494. The monoisotopic (exact) mass is 289 g/mol. The van der Waals surface area contributed by atoms with E-state index in [1.807, 2.05) is 18.2 Å². The Morgan fingerprint density at radius 3 is 2.38 bits per heavy atom. The van der Waals surface area contributed by atoms with Gasteiger partial charge in [-0.1, -0.05) is 37.3 Å². The van der Waals surface area contributed by atoms with Crippen molar-refractivity contribution in [3.05, 3.63) is 35.9 Å². The number of rotatable bonds is 4. The smallest absolute Gasteiger partial charge is 0.318 e. The number of carbonyl (C=O) groups excluding carboxylic acids is 2. The van der Waals surface area contributed by atoms with Crippen molar-refractivity contribution in [2.75, 3.05) is 6.54 Å². The van der Waals surface area contributed by atoms with Crippen molar-refractivity contribution in [3.8, 4) is 0 Å². The van der Waals surface area contributed by atoms with Gasteiger partial charge in [-0.05, 0) is 37.8 Å². The normalized spacial score (nSPS) is 25.3. The molecule has 1 aliphatic rings. The average molecular weight is 289 g/mol. The van der Waals surface area contributed by atoms with Gasteiger partial charge in [0, 0.05) is 11.5 Å². The second-order valence-electron chi connectivity index (χ2n) is 5.61. The minimum Gasteiger partial charge on any atom is -0.351 e. The summed E-state index contributed by atoms with van der Waals surface area (Å²) in [5.74, 6) is -0.381. The van der Waals surface area contributed by atoms with E-state index in [9.17, 15) is 9.59 Å². The summed E-state index contributed by atoms with van der Waals surface area (Å²) in [6.45, 7) is 2.98. The standard InChI is InChI=1S/C16H23N3O2/c1-2-18-16(13-6-4-3-5-7-13)10-8-12(9-11-16)14(20)19-15(17)21/h3-7,12,18H,2,8-11H2,1H3,(H3,17,19,20,21). The van der Waals surface area contributed by atoms with Crippen molar-refractivity contribution in [1.82, 2.24) is 10.6 Å². The van der Waals surface area contributed by atoms with Crippen LogP contribution in [-0.2, 0) is 10.3 Å². The highest BCUT2D eigenvalue weighted by Gasteiger charge is 2.38. The molecule has 1 aliphatic carbocycles. The van der Waals surface area contributed by atoms with Crippen molar-refractivity contribution in [1.29, 1.82) is 0 Å².